The predicted molar refractivity (Wildman–Crippen MR) is 75.8 cm³/mol. The zero-order valence-electron chi connectivity index (χ0n) is 13.1. The second-order valence-electron chi connectivity index (χ2n) is 4.85. The lowest BCUT2D eigenvalue weighted by Crippen LogP contribution is -2.29. The van der Waals surface area contributed by atoms with Gasteiger partial charge in [-0.15, -0.1) is 0 Å². The average molecular weight is 362 g/mol. The van der Waals surface area contributed by atoms with Crippen molar-refractivity contribution in [1.82, 2.24) is 0 Å². The number of rotatable bonds is 11. The van der Waals surface area contributed by atoms with Crippen LogP contribution in [0.5, 0.6) is 0 Å². The maximum Gasteiger partial charge on any atom is 0.343 e. The van der Waals surface area contributed by atoms with E-state index in [4.69, 9.17) is 10.2 Å². The van der Waals surface area contributed by atoms with Gasteiger partial charge in [0.2, 0.25) is 0 Å². The van der Waals surface area contributed by atoms with E-state index < -0.39 is 48.3 Å². The molecule has 1 atom stereocenters. The highest BCUT2D eigenvalue weighted by molar-refractivity contribution is 5.92. The zero-order chi connectivity index (χ0) is 19.4. The Morgan fingerprint density at radius 1 is 0.680 bits per heavy atom. The Kier molecular flexibility index (Phi) is 10.4. The summed E-state index contributed by atoms with van der Waals surface area (Å²) in [6.07, 6.45) is -4.38. The number of aliphatic hydroxyl groups excluding tert-OH is 1. The zero-order valence-corrected chi connectivity index (χ0v) is 13.1. The van der Waals surface area contributed by atoms with E-state index in [1.165, 1.54) is 0 Å². The number of carboxylic acids is 2. The highest BCUT2D eigenvalue weighted by Crippen LogP contribution is 2.04. The Balaban J connectivity index is 4.10. The first-order valence-corrected chi connectivity index (χ1v) is 7.21. The summed E-state index contributed by atoms with van der Waals surface area (Å²) in [7, 11) is 0. The van der Waals surface area contributed by atoms with Crippen LogP contribution in [-0.4, -0.2) is 57.2 Å². The Morgan fingerprint density at radius 3 is 1.56 bits per heavy atom. The minimum atomic E-state index is -2.04. The molecular weight excluding hydrogens is 344 g/mol. The average Bonchev–Trinajstić information content (AvgIpc) is 2.45. The molecule has 0 saturated heterocycles. The van der Waals surface area contributed by atoms with Crippen molar-refractivity contribution in [2.75, 3.05) is 0 Å². The van der Waals surface area contributed by atoms with Crippen LogP contribution in [0.25, 0.3) is 0 Å². The monoisotopic (exact) mass is 362 g/mol. The Bertz CT molecular complexity index is 537. The molecule has 1 unspecified atom stereocenters. The number of hydrogen-bond donors (Lipinski definition) is 3. The van der Waals surface area contributed by atoms with E-state index in [0.717, 1.165) is 0 Å². The molecule has 0 amide bonds. The number of hydrogen-bond acceptors (Lipinski definition) is 9. The predicted octanol–water partition coefficient (Wildman–Crippen LogP) is -0.613. The minimum absolute atomic E-state index is 0.0448. The molecule has 0 aromatic carbocycles. The lowest BCUT2D eigenvalue weighted by molar-refractivity contribution is -0.171. The molecule has 0 bridgehead atoms. The third kappa shape index (κ3) is 12.3. The van der Waals surface area contributed by atoms with Crippen molar-refractivity contribution in [1.29, 1.82) is 0 Å². The fourth-order valence-electron chi connectivity index (χ4n) is 1.46. The number of carbonyl (C=O) groups excluding carboxylic acids is 4. The number of ether oxygens (including phenoxy) is 2. The highest BCUT2D eigenvalue weighted by atomic mass is 16.6. The first kappa shape index (κ1) is 22.2. The normalized spacial score (nSPS) is 11.2. The summed E-state index contributed by atoms with van der Waals surface area (Å²) < 4.78 is 8.47. The second kappa shape index (κ2) is 11.7. The van der Waals surface area contributed by atoms with Gasteiger partial charge in [-0.2, -0.15) is 0 Å². The SMILES string of the molecule is O=C(O)CCCC(=O)OC(=O)CC(O)C(=O)OC(=O)CCCC(=O)O. The van der Waals surface area contributed by atoms with E-state index in [1.807, 2.05) is 0 Å². The van der Waals surface area contributed by atoms with Gasteiger partial charge in [0.05, 0.1) is 6.42 Å². The fraction of sp³-hybridized carbons (Fsp3) is 0.571. The van der Waals surface area contributed by atoms with Crippen LogP contribution >= 0.6 is 0 Å². The standard InChI is InChI=1S/C14H18O11/c15-8(14(23)25-12(21)6-2-4-10(18)19)7-13(22)24-11(20)5-1-3-9(16)17/h8,15H,1-7H2,(H,16,17)(H,18,19). The maximum atomic E-state index is 11.4. The van der Waals surface area contributed by atoms with Gasteiger partial charge in [0.25, 0.3) is 0 Å². The smallest absolute Gasteiger partial charge is 0.343 e. The summed E-state index contributed by atoms with van der Waals surface area (Å²) in [5.74, 6) is -7.01. The topological polar surface area (TPSA) is 182 Å². The first-order valence-electron chi connectivity index (χ1n) is 7.21. The van der Waals surface area contributed by atoms with Crippen molar-refractivity contribution in [3.8, 4) is 0 Å². The largest absolute Gasteiger partial charge is 0.481 e. The lowest BCUT2D eigenvalue weighted by Gasteiger charge is -2.08. The van der Waals surface area contributed by atoms with E-state index in [0.29, 0.717) is 0 Å². The summed E-state index contributed by atoms with van der Waals surface area (Å²) in [6, 6.07) is 0. The van der Waals surface area contributed by atoms with Gasteiger partial charge in [-0.1, -0.05) is 0 Å². The molecule has 0 fully saturated rings. The van der Waals surface area contributed by atoms with Crippen LogP contribution in [0.3, 0.4) is 0 Å². The number of carboxylic acid groups (broad SMARTS) is 2. The van der Waals surface area contributed by atoms with Gasteiger partial charge in [0.1, 0.15) is 0 Å². The van der Waals surface area contributed by atoms with E-state index in [1.54, 1.807) is 0 Å². The van der Waals surface area contributed by atoms with Crippen molar-refractivity contribution in [2.45, 2.75) is 51.0 Å². The summed E-state index contributed by atoms with van der Waals surface area (Å²) in [6.45, 7) is 0. The quantitative estimate of drug-likeness (QED) is 0.315. The molecule has 0 heterocycles. The number of carbonyl (C=O) groups is 6. The lowest BCUT2D eigenvalue weighted by atomic mass is 10.2. The van der Waals surface area contributed by atoms with Crippen molar-refractivity contribution in [3.05, 3.63) is 0 Å². The molecular formula is C14H18O11. The Labute approximate surface area is 141 Å². The Hall–Kier alpha value is -2.82. The maximum absolute atomic E-state index is 11.4. The second-order valence-corrected chi connectivity index (χ2v) is 4.85. The van der Waals surface area contributed by atoms with Gasteiger partial charge in [-0.05, 0) is 12.8 Å². The summed E-state index contributed by atoms with van der Waals surface area (Å²) >= 11 is 0. The summed E-state index contributed by atoms with van der Waals surface area (Å²) in [5.41, 5.74) is 0. The number of aliphatic carboxylic acids is 2. The van der Waals surface area contributed by atoms with Gasteiger partial charge in [0.15, 0.2) is 6.10 Å². The fourth-order valence-corrected chi connectivity index (χ4v) is 1.46. The summed E-state index contributed by atoms with van der Waals surface area (Å²) in [4.78, 5) is 65.6. The number of esters is 4. The molecule has 3 N–H and O–H groups in total. The van der Waals surface area contributed by atoms with Crippen LogP contribution < -0.4 is 0 Å². The van der Waals surface area contributed by atoms with Gasteiger partial charge >= 0.3 is 35.8 Å². The van der Waals surface area contributed by atoms with E-state index in [2.05, 4.69) is 9.47 Å². The van der Waals surface area contributed by atoms with Crippen molar-refractivity contribution < 1.29 is 53.6 Å². The van der Waals surface area contributed by atoms with Crippen LogP contribution in [0.1, 0.15) is 44.9 Å². The first-order chi connectivity index (χ1) is 11.6. The van der Waals surface area contributed by atoms with E-state index in [9.17, 15) is 33.9 Å². The van der Waals surface area contributed by atoms with Gasteiger partial charge in [-0.25, -0.2) is 4.79 Å². The van der Waals surface area contributed by atoms with Gasteiger partial charge < -0.3 is 24.8 Å². The van der Waals surface area contributed by atoms with Crippen molar-refractivity contribution in [2.24, 2.45) is 0 Å². The molecule has 0 aliphatic rings. The highest BCUT2D eigenvalue weighted by Gasteiger charge is 2.25. The minimum Gasteiger partial charge on any atom is -0.481 e. The Morgan fingerprint density at radius 2 is 1.12 bits per heavy atom. The van der Waals surface area contributed by atoms with Crippen molar-refractivity contribution >= 4 is 35.8 Å². The molecule has 25 heavy (non-hydrogen) atoms. The molecule has 140 valence electrons. The third-order valence-electron chi connectivity index (χ3n) is 2.62. The van der Waals surface area contributed by atoms with E-state index >= 15 is 0 Å². The van der Waals surface area contributed by atoms with Gasteiger partial charge in [-0.3, -0.25) is 24.0 Å². The molecule has 0 aromatic heterocycles. The molecule has 0 aromatic rings. The van der Waals surface area contributed by atoms with Crippen LogP contribution in [-0.2, 0) is 38.2 Å². The number of aliphatic hydroxyl groups is 1. The third-order valence-corrected chi connectivity index (χ3v) is 2.62. The van der Waals surface area contributed by atoms with E-state index in [-0.39, 0.29) is 38.5 Å². The molecule has 0 aliphatic carbocycles. The van der Waals surface area contributed by atoms with Crippen molar-refractivity contribution in [3.63, 3.8) is 0 Å². The molecule has 0 rings (SSSR count). The van der Waals surface area contributed by atoms with Crippen LogP contribution in [0.4, 0.5) is 0 Å². The molecule has 0 aliphatic heterocycles. The van der Waals surface area contributed by atoms with Crippen LogP contribution in [0.15, 0.2) is 0 Å². The molecule has 0 saturated carbocycles. The van der Waals surface area contributed by atoms with Crippen LogP contribution in [0, 0.1) is 0 Å². The molecule has 11 heteroatoms. The molecule has 11 nitrogen and oxygen atoms in total. The summed E-state index contributed by atoms with van der Waals surface area (Å²) in [5, 5.41) is 26.2. The molecule has 0 radical (unpaired) electrons. The molecule has 0 spiro atoms. The van der Waals surface area contributed by atoms with Gasteiger partial charge in [0, 0.05) is 25.7 Å². The van der Waals surface area contributed by atoms with Crippen LogP contribution in [0.2, 0.25) is 0 Å².